The first-order valence-electron chi connectivity index (χ1n) is 8.73. The van der Waals surface area contributed by atoms with E-state index in [1.165, 1.54) is 0 Å². The van der Waals surface area contributed by atoms with E-state index < -0.39 is 0 Å². The summed E-state index contributed by atoms with van der Waals surface area (Å²) >= 11 is 0. The summed E-state index contributed by atoms with van der Waals surface area (Å²) in [6.07, 6.45) is 0. The van der Waals surface area contributed by atoms with Gasteiger partial charge in [-0.25, -0.2) is 0 Å². The summed E-state index contributed by atoms with van der Waals surface area (Å²) in [6, 6.07) is 0. The van der Waals surface area contributed by atoms with Gasteiger partial charge in [0.2, 0.25) is 0 Å². The third-order valence-corrected chi connectivity index (χ3v) is 2.43. The van der Waals surface area contributed by atoms with E-state index in [0.29, 0.717) is 79.3 Å². The largest absolute Gasteiger partial charge is 0.412 e. The normalized spacial score (nSPS) is 10.2. The quantitative estimate of drug-likeness (QED) is 0.155. The Bertz CT molecular complexity index is 181. The van der Waals surface area contributed by atoms with Crippen LogP contribution >= 0.6 is 0 Å². The summed E-state index contributed by atoms with van der Waals surface area (Å²) < 4.78 is 30.0. The van der Waals surface area contributed by atoms with Crippen LogP contribution in [0.1, 0.15) is 0 Å². The van der Waals surface area contributed by atoms with Gasteiger partial charge in [0.25, 0.3) is 0 Å². The van der Waals surface area contributed by atoms with Crippen LogP contribution in [0.15, 0.2) is 0 Å². The molecule has 0 spiro atoms. The highest BCUT2D eigenvalue weighted by Crippen LogP contribution is 1.81. The van der Waals surface area contributed by atoms with Crippen molar-refractivity contribution in [3.05, 3.63) is 0 Å². The van der Waals surface area contributed by atoms with Crippen molar-refractivity contribution in [2.24, 2.45) is 0 Å². The molecule has 0 aliphatic rings. The Morgan fingerprint density at radius 2 is 0.444 bits per heavy atom. The van der Waals surface area contributed by atoms with E-state index in [4.69, 9.17) is 48.8 Å². The molecule has 0 aromatic rings. The van der Waals surface area contributed by atoms with E-state index >= 15 is 0 Å². The van der Waals surface area contributed by atoms with E-state index in [1.807, 2.05) is 0 Å². The zero-order chi connectivity index (χ0) is 19.6. The molecule has 0 saturated heterocycles. The highest BCUT2D eigenvalue weighted by molar-refractivity contribution is 4.34. The Labute approximate surface area is 161 Å². The van der Waals surface area contributed by atoms with Crippen molar-refractivity contribution in [2.45, 2.75) is 0 Å². The van der Waals surface area contributed by atoms with Crippen LogP contribution in [0, 0.1) is 0 Å². The molecule has 11 heteroatoms. The summed E-state index contributed by atoms with van der Waals surface area (Å²) in [5.74, 6) is 0. The Hall–Kier alpha value is -0.440. The third-order valence-electron chi connectivity index (χ3n) is 2.43. The number of hydrogen-bond acceptors (Lipinski definition) is 10. The van der Waals surface area contributed by atoms with Gasteiger partial charge in [-0.3, -0.25) is 0 Å². The van der Waals surface area contributed by atoms with Crippen molar-refractivity contribution in [1.29, 1.82) is 0 Å². The van der Waals surface area contributed by atoms with Crippen molar-refractivity contribution < 1.29 is 54.3 Å². The van der Waals surface area contributed by atoms with Crippen molar-refractivity contribution in [2.75, 3.05) is 106 Å². The zero-order valence-corrected chi connectivity index (χ0v) is 16.1. The van der Waals surface area contributed by atoms with E-state index in [1.54, 1.807) is 0 Å². The smallest absolute Gasteiger partial charge is 0.0701 e. The first-order valence-corrected chi connectivity index (χ1v) is 8.73. The van der Waals surface area contributed by atoms with Crippen LogP contribution in [0.2, 0.25) is 0 Å². The van der Waals surface area contributed by atoms with Crippen LogP contribution in [0.4, 0.5) is 0 Å². The van der Waals surface area contributed by atoms with Gasteiger partial charge in [0.05, 0.1) is 106 Å². The Morgan fingerprint density at radius 3 is 0.593 bits per heavy atom. The van der Waals surface area contributed by atoms with E-state index in [0.717, 1.165) is 0 Å². The average Bonchev–Trinajstić information content (AvgIpc) is 2.66. The molecule has 0 aliphatic carbocycles. The van der Waals surface area contributed by atoms with Gasteiger partial charge in [0.15, 0.2) is 0 Å². The number of rotatable bonds is 20. The molecule has 0 amide bonds. The molecule has 168 valence electrons. The molecule has 0 bridgehead atoms. The van der Waals surface area contributed by atoms with Crippen molar-refractivity contribution in [3.8, 4) is 0 Å². The lowest BCUT2D eigenvalue weighted by molar-refractivity contribution is 0.00229. The lowest BCUT2D eigenvalue weighted by atomic mass is 10.7. The summed E-state index contributed by atoms with van der Waals surface area (Å²) in [7, 11) is 0. The van der Waals surface area contributed by atoms with Crippen molar-refractivity contribution in [3.63, 3.8) is 0 Å². The second-order valence-corrected chi connectivity index (χ2v) is 4.57. The standard InChI is InChI=1S/2C8H18O5.H2O/c2*9-1-3-11-5-7-13-8-6-12-4-2-10;/h2*9-10H,1-8H2;1H2. The molecule has 0 heterocycles. The number of aliphatic hydroxyl groups excluding tert-OH is 4. The van der Waals surface area contributed by atoms with E-state index in [9.17, 15) is 0 Å². The Balaban J connectivity index is -0.000000411. The third kappa shape index (κ3) is 37.1. The lowest BCUT2D eigenvalue weighted by Crippen LogP contribution is -2.11. The molecule has 0 fully saturated rings. The molecule has 0 atom stereocenters. The van der Waals surface area contributed by atoms with Gasteiger partial charge in [-0.2, -0.15) is 0 Å². The fraction of sp³-hybridized carbons (Fsp3) is 1.00. The monoisotopic (exact) mass is 406 g/mol. The molecule has 0 aromatic carbocycles. The SMILES string of the molecule is O.OCCOCCOCCOCCO.OCCOCCOCCOCCO. The predicted octanol–water partition coefficient (Wildman–Crippen LogP) is -2.78. The van der Waals surface area contributed by atoms with Crippen molar-refractivity contribution in [1.82, 2.24) is 0 Å². The topological polar surface area (TPSA) is 168 Å². The number of ether oxygens (including phenoxy) is 6. The summed E-state index contributed by atoms with van der Waals surface area (Å²) in [5.41, 5.74) is 0. The summed E-state index contributed by atoms with van der Waals surface area (Å²) in [5, 5.41) is 33.4. The second kappa shape index (κ2) is 33.2. The highest BCUT2D eigenvalue weighted by atomic mass is 16.6. The molecule has 11 nitrogen and oxygen atoms in total. The van der Waals surface area contributed by atoms with Gasteiger partial charge in [0.1, 0.15) is 0 Å². The van der Waals surface area contributed by atoms with Crippen LogP contribution in [-0.2, 0) is 28.4 Å². The van der Waals surface area contributed by atoms with Crippen LogP contribution in [0.5, 0.6) is 0 Å². The zero-order valence-electron chi connectivity index (χ0n) is 16.1. The molecule has 0 radical (unpaired) electrons. The maximum atomic E-state index is 8.36. The Morgan fingerprint density at radius 1 is 0.296 bits per heavy atom. The minimum absolute atomic E-state index is 0. The van der Waals surface area contributed by atoms with E-state index in [2.05, 4.69) is 0 Å². The lowest BCUT2D eigenvalue weighted by Gasteiger charge is -2.04. The van der Waals surface area contributed by atoms with Gasteiger partial charge in [-0.1, -0.05) is 0 Å². The minimum Gasteiger partial charge on any atom is -0.412 e. The number of hydrogen-bond donors (Lipinski definition) is 4. The molecule has 0 rings (SSSR count). The summed E-state index contributed by atoms with van der Waals surface area (Å²) in [4.78, 5) is 0. The first-order chi connectivity index (χ1) is 12.8. The van der Waals surface area contributed by atoms with Gasteiger partial charge < -0.3 is 54.3 Å². The van der Waals surface area contributed by atoms with Gasteiger partial charge in [-0.05, 0) is 0 Å². The van der Waals surface area contributed by atoms with Gasteiger partial charge >= 0.3 is 0 Å². The van der Waals surface area contributed by atoms with Gasteiger partial charge in [-0.15, -0.1) is 0 Å². The molecule has 0 aromatic heterocycles. The molecule has 0 saturated carbocycles. The average molecular weight is 406 g/mol. The molecule has 0 aliphatic heterocycles. The van der Waals surface area contributed by atoms with Crippen LogP contribution in [0.25, 0.3) is 0 Å². The van der Waals surface area contributed by atoms with Gasteiger partial charge in [0, 0.05) is 0 Å². The van der Waals surface area contributed by atoms with Crippen LogP contribution in [-0.4, -0.2) is 132 Å². The number of aliphatic hydroxyl groups is 4. The van der Waals surface area contributed by atoms with E-state index in [-0.39, 0.29) is 31.9 Å². The summed E-state index contributed by atoms with van der Waals surface area (Å²) in [6.45, 7) is 5.53. The molecule has 27 heavy (non-hydrogen) atoms. The molecular formula is C16H38O11. The minimum atomic E-state index is 0. The Kier molecular flexibility index (Phi) is 38.4. The first kappa shape index (κ1) is 31.3. The maximum Gasteiger partial charge on any atom is 0.0701 e. The van der Waals surface area contributed by atoms with Crippen LogP contribution < -0.4 is 0 Å². The van der Waals surface area contributed by atoms with Crippen molar-refractivity contribution >= 4 is 0 Å². The molecule has 6 N–H and O–H groups in total. The van der Waals surface area contributed by atoms with Crippen LogP contribution in [0.3, 0.4) is 0 Å². The molecular weight excluding hydrogens is 368 g/mol. The predicted molar refractivity (Wildman–Crippen MR) is 96.9 cm³/mol. The maximum absolute atomic E-state index is 8.36. The molecule has 0 unspecified atom stereocenters. The highest BCUT2D eigenvalue weighted by Gasteiger charge is 1.91. The fourth-order valence-corrected chi connectivity index (χ4v) is 1.34. The fourth-order valence-electron chi connectivity index (χ4n) is 1.34. The second-order valence-electron chi connectivity index (χ2n) is 4.57.